The van der Waals surface area contributed by atoms with Crippen molar-refractivity contribution >= 4 is 27.5 Å². The van der Waals surface area contributed by atoms with Crippen LogP contribution in [0, 0.1) is 6.92 Å². The number of aromatic nitrogens is 7. The summed E-state index contributed by atoms with van der Waals surface area (Å²) in [6.45, 7) is 4.03. The summed E-state index contributed by atoms with van der Waals surface area (Å²) >= 11 is 3.48. The second-order valence-electron chi connectivity index (χ2n) is 6.06. The van der Waals surface area contributed by atoms with E-state index in [9.17, 15) is 0 Å². The van der Waals surface area contributed by atoms with Crippen LogP contribution in [-0.2, 0) is 19.9 Å². The molecule has 0 radical (unpaired) electrons. The number of halogens is 1. The third-order valence-corrected chi connectivity index (χ3v) is 4.90. The van der Waals surface area contributed by atoms with Crippen LogP contribution in [0.4, 0.5) is 5.95 Å². The number of fused-ring (bicyclic) bond motifs is 1. The highest BCUT2D eigenvalue weighted by Gasteiger charge is 2.18. The van der Waals surface area contributed by atoms with E-state index in [1.807, 2.05) is 18.7 Å². The molecule has 24 heavy (non-hydrogen) atoms. The fourth-order valence-electron chi connectivity index (χ4n) is 3.00. The quantitative estimate of drug-likeness (QED) is 0.674. The molecule has 0 aliphatic carbocycles. The van der Waals surface area contributed by atoms with Crippen molar-refractivity contribution in [2.24, 2.45) is 7.05 Å². The van der Waals surface area contributed by atoms with Crippen LogP contribution in [0.2, 0.25) is 0 Å². The molecule has 3 aromatic rings. The van der Waals surface area contributed by atoms with Gasteiger partial charge in [-0.2, -0.15) is 9.50 Å². The van der Waals surface area contributed by atoms with Crippen molar-refractivity contribution < 1.29 is 0 Å². The molecule has 0 unspecified atom stereocenters. The van der Waals surface area contributed by atoms with Crippen LogP contribution in [0.5, 0.6) is 0 Å². The van der Waals surface area contributed by atoms with Gasteiger partial charge in [0.1, 0.15) is 11.6 Å². The lowest BCUT2D eigenvalue weighted by molar-refractivity contribution is 0.680. The van der Waals surface area contributed by atoms with Gasteiger partial charge in [0.25, 0.3) is 0 Å². The lowest BCUT2D eigenvalue weighted by Crippen LogP contribution is -2.19. The van der Waals surface area contributed by atoms with Crippen molar-refractivity contribution in [1.82, 2.24) is 34.3 Å². The molecule has 4 heterocycles. The maximum Gasteiger partial charge on any atom is 0.244 e. The van der Waals surface area contributed by atoms with Gasteiger partial charge in [-0.15, -0.1) is 10.2 Å². The second-order valence-corrected chi connectivity index (χ2v) is 6.92. The summed E-state index contributed by atoms with van der Waals surface area (Å²) in [5.41, 5.74) is 0.799. The maximum atomic E-state index is 4.69. The van der Waals surface area contributed by atoms with Crippen molar-refractivity contribution in [2.75, 3.05) is 18.0 Å². The van der Waals surface area contributed by atoms with E-state index >= 15 is 0 Å². The van der Waals surface area contributed by atoms with Gasteiger partial charge in [0.05, 0.1) is 4.47 Å². The lowest BCUT2D eigenvalue weighted by atomic mass is 10.3. The van der Waals surface area contributed by atoms with Crippen molar-refractivity contribution in [1.29, 1.82) is 0 Å². The van der Waals surface area contributed by atoms with E-state index in [4.69, 9.17) is 0 Å². The number of hydrogen-bond donors (Lipinski definition) is 0. The molecule has 126 valence electrons. The van der Waals surface area contributed by atoms with Crippen LogP contribution < -0.4 is 4.90 Å². The Morgan fingerprint density at radius 3 is 2.67 bits per heavy atom. The fraction of sp³-hybridized carbons (Fsp3) is 0.533. The Morgan fingerprint density at radius 1 is 1.12 bits per heavy atom. The first-order chi connectivity index (χ1) is 11.6. The van der Waals surface area contributed by atoms with E-state index in [0.717, 1.165) is 59.5 Å². The average Bonchev–Trinajstić information content (AvgIpc) is 3.28. The summed E-state index contributed by atoms with van der Waals surface area (Å²) in [5, 5.41) is 9.09. The largest absolute Gasteiger partial charge is 0.340 e. The van der Waals surface area contributed by atoms with Crippen LogP contribution in [0.3, 0.4) is 0 Å². The number of hydrogen-bond acceptors (Lipinski definition) is 6. The summed E-state index contributed by atoms with van der Waals surface area (Å²) in [4.78, 5) is 15.8. The Morgan fingerprint density at radius 2 is 1.92 bits per heavy atom. The Hall–Kier alpha value is -2.03. The van der Waals surface area contributed by atoms with Gasteiger partial charge in [-0.3, -0.25) is 4.68 Å². The van der Waals surface area contributed by atoms with Crippen molar-refractivity contribution in [3.8, 4) is 0 Å². The lowest BCUT2D eigenvalue weighted by Gasteiger charge is -2.10. The zero-order chi connectivity index (χ0) is 16.7. The first-order valence-electron chi connectivity index (χ1n) is 8.13. The predicted molar refractivity (Wildman–Crippen MR) is 93.1 cm³/mol. The minimum Gasteiger partial charge on any atom is -0.340 e. The normalized spacial score (nSPS) is 14.9. The van der Waals surface area contributed by atoms with Gasteiger partial charge in [-0.1, -0.05) is 0 Å². The van der Waals surface area contributed by atoms with Crippen molar-refractivity contribution in [3.05, 3.63) is 28.1 Å². The monoisotopic (exact) mass is 390 g/mol. The van der Waals surface area contributed by atoms with E-state index in [-0.39, 0.29) is 0 Å². The minimum absolute atomic E-state index is 0.722. The summed E-state index contributed by atoms with van der Waals surface area (Å²) in [6.07, 6.45) is 5.69. The molecule has 0 saturated carbocycles. The Labute approximate surface area is 148 Å². The van der Waals surface area contributed by atoms with Gasteiger partial charge in [0.2, 0.25) is 5.95 Å². The molecule has 1 aliphatic heterocycles. The van der Waals surface area contributed by atoms with Gasteiger partial charge >= 0.3 is 0 Å². The molecule has 0 atom stereocenters. The van der Waals surface area contributed by atoms with Gasteiger partial charge in [-0.05, 0) is 35.7 Å². The summed E-state index contributed by atoms with van der Waals surface area (Å²) < 4.78 is 4.49. The molecule has 1 fully saturated rings. The first-order valence-corrected chi connectivity index (χ1v) is 8.93. The van der Waals surface area contributed by atoms with Gasteiger partial charge in [-0.25, -0.2) is 9.97 Å². The van der Waals surface area contributed by atoms with Crippen LogP contribution >= 0.6 is 15.9 Å². The molecular formula is C15H19BrN8. The van der Waals surface area contributed by atoms with Crippen molar-refractivity contribution in [3.63, 3.8) is 0 Å². The van der Waals surface area contributed by atoms with Gasteiger partial charge in [0, 0.05) is 39.2 Å². The molecular weight excluding hydrogens is 372 g/mol. The Bertz CT molecular complexity index is 838. The van der Waals surface area contributed by atoms with E-state index in [2.05, 4.69) is 46.0 Å². The Balaban J connectivity index is 1.53. The van der Waals surface area contributed by atoms with Crippen LogP contribution in [0.1, 0.15) is 30.3 Å². The van der Waals surface area contributed by atoms with Gasteiger partial charge in [0.15, 0.2) is 11.5 Å². The third kappa shape index (κ3) is 2.77. The molecule has 8 nitrogen and oxygen atoms in total. The first kappa shape index (κ1) is 15.5. The highest BCUT2D eigenvalue weighted by Crippen LogP contribution is 2.18. The van der Waals surface area contributed by atoms with E-state index in [0.29, 0.717) is 0 Å². The number of aryl methyl sites for hydroxylation is 4. The number of anilines is 1. The highest BCUT2D eigenvalue weighted by molar-refractivity contribution is 9.10. The SMILES string of the molecule is Cc1ncc(Br)c2nc(CCc3nc(N4CCCC4)nn3C)nn12. The zero-order valence-corrected chi connectivity index (χ0v) is 15.4. The molecule has 9 heteroatoms. The molecule has 0 amide bonds. The minimum atomic E-state index is 0.722. The van der Waals surface area contributed by atoms with Crippen LogP contribution in [0.25, 0.3) is 5.65 Å². The molecule has 1 saturated heterocycles. The predicted octanol–water partition coefficient (Wildman–Crippen LogP) is 1.71. The Kier molecular flexibility index (Phi) is 3.95. The van der Waals surface area contributed by atoms with E-state index < -0.39 is 0 Å². The van der Waals surface area contributed by atoms with E-state index in [1.54, 1.807) is 10.7 Å². The zero-order valence-electron chi connectivity index (χ0n) is 13.8. The molecule has 3 aromatic heterocycles. The average molecular weight is 391 g/mol. The molecule has 0 aromatic carbocycles. The summed E-state index contributed by atoms with van der Waals surface area (Å²) in [7, 11) is 1.95. The van der Waals surface area contributed by atoms with Gasteiger partial charge < -0.3 is 4.90 Å². The topological polar surface area (TPSA) is 77.0 Å². The molecule has 4 rings (SSSR count). The number of rotatable bonds is 4. The molecule has 1 aliphatic rings. The standard InChI is InChI=1S/C15H19BrN8/c1-10-17-9-11(16)14-18-12(20-24(10)14)5-6-13-19-15(21-22(13)2)23-7-3-4-8-23/h9H,3-8H2,1-2H3. The third-order valence-electron chi connectivity index (χ3n) is 4.34. The molecule has 0 N–H and O–H groups in total. The molecule has 0 spiro atoms. The van der Waals surface area contributed by atoms with Crippen LogP contribution in [0.15, 0.2) is 10.7 Å². The van der Waals surface area contributed by atoms with Crippen molar-refractivity contribution in [2.45, 2.75) is 32.6 Å². The number of nitrogens with zero attached hydrogens (tertiary/aromatic N) is 8. The highest BCUT2D eigenvalue weighted by atomic mass is 79.9. The second kappa shape index (κ2) is 6.12. The summed E-state index contributed by atoms with van der Waals surface area (Å²) in [6, 6.07) is 0. The summed E-state index contributed by atoms with van der Waals surface area (Å²) in [5.74, 6) is 3.42. The fourth-order valence-corrected chi connectivity index (χ4v) is 3.36. The molecule has 0 bridgehead atoms. The maximum absolute atomic E-state index is 4.69. The van der Waals surface area contributed by atoms with Crippen LogP contribution in [-0.4, -0.2) is 47.4 Å². The van der Waals surface area contributed by atoms with E-state index in [1.165, 1.54) is 12.8 Å². The smallest absolute Gasteiger partial charge is 0.244 e.